The average Bonchev–Trinajstić information content (AvgIpc) is 2.87. The van der Waals surface area contributed by atoms with E-state index in [4.69, 9.17) is 9.47 Å². The molecule has 1 aliphatic heterocycles. The maximum atomic E-state index is 6.26. The average molecular weight is 371 g/mol. The van der Waals surface area contributed by atoms with E-state index in [1.165, 1.54) is 64.2 Å². The molecule has 0 bridgehead atoms. The zero-order chi connectivity index (χ0) is 15.6. The fourth-order valence-electron chi connectivity index (χ4n) is 3.15. The third kappa shape index (κ3) is 6.01. The van der Waals surface area contributed by atoms with E-state index in [0.717, 1.165) is 17.9 Å². The van der Waals surface area contributed by atoms with Crippen molar-refractivity contribution >= 4 is 14.5 Å². The van der Waals surface area contributed by atoms with Crippen LogP contribution in [-0.4, -0.2) is 26.7 Å². The molecule has 2 unspecified atom stereocenters. The van der Waals surface area contributed by atoms with Crippen LogP contribution in [0.3, 0.4) is 0 Å². The molecule has 22 heavy (non-hydrogen) atoms. The van der Waals surface area contributed by atoms with Crippen molar-refractivity contribution in [2.45, 2.75) is 96.7 Å². The molecule has 0 aliphatic carbocycles. The molecule has 2 nitrogen and oxygen atoms in total. The van der Waals surface area contributed by atoms with Gasteiger partial charge in [-0.2, -0.15) is 0 Å². The molecule has 2 atom stereocenters. The first-order valence-corrected chi connectivity index (χ1v) is 11.2. The Morgan fingerprint density at radius 3 is 1.77 bits per heavy atom. The van der Waals surface area contributed by atoms with Crippen LogP contribution in [0.5, 0.6) is 11.5 Å². The van der Waals surface area contributed by atoms with Crippen molar-refractivity contribution in [2.75, 3.05) is 0 Å². The molecule has 0 fully saturated rings. The fraction of sp³-hybridized carbons (Fsp3) is 0.789. The molecular weight excluding hydrogens is 339 g/mol. The van der Waals surface area contributed by atoms with Crippen LogP contribution in [0.25, 0.3) is 0 Å². The molecule has 0 saturated carbocycles. The van der Waals surface area contributed by atoms with E-state index in [1.807, 2.05) is 0 Å². The maximum absolute atomic E-state index is 6.26. The summed E-state index contributed by atoms with van der Waals surface area (Å²) in [6.45, 7) is 4.54. The number of fused-ring (bicyclic) bond motifs is 1. The Balaban J connectivity index is 1.84. The molecular formula is C19H32O2Se. The number of rotatable bonds is 10. The summed E-state index contributed by atoms with van der Waals surface area (Å²) in [6.07, 6.45) is 14.7. The zero-order valence-corrected chi connectivity index (χ0v) is 16.0. The number of ether oxygens (including phenoxy) is 2. The topological polar surface area (TPSA) is 18.5 Å². The summed E-state index contributed by atoms with van der Waals surface area (Å²) >= 11 is 0.432. The van der Waals surface area contributed by atoms with Crippen LogP contribution in [0.4, 0.5) is 0 Å². The molecule has 0 saturated heterocycles. The molecule has 2 rings (SSSR count). The summed E-state index contributed by atoms with van der Waals surface area (Å²) in [5.41, 5.74) is 0. The second-order valence-corrected chi connectivity index (χ2v) is 8.07. The van der Waals surface area contributed by atoms with Crippen LogP contribution in [0.1, 0.15) is 84.5 Å². The second-order valence-electron chi connectivity index (χ2n) is 6.51. The van der Waals surface area contributed by atoms with Gasteiger partial charge in [-0.05, 0) is 0 Å². The zero-order valence-electron chi connectivity index (χ0n) is 14.3. The number of hydrogen-bond donors (Lipinski definition) is 0. The van der Waals surface area contributed by atoms with Gasteiger partial charge in [-0.3, -0.25) is 0 Å². The minimum absolute atomic E-state index is 0.360. The van der Waals surface area contributed by atoms with E-state index < -0.39 is 0 Å². The molecule has 0 spiro atoms. The summed E-state index contributed by atoms with van der Waals surface area (Å²) < 4.78 is 12.5. The van der Waals surface area contributed by atoms with Gasteiger partial charge in [0.15, 0.2) is 0 Å². The van der Waals surface area contributed by atoms with Gasteiger partial charge in [0.2, 0.25) is 0 Å². The van der Waals surface area contributed by atoms with Gasteiger partial charge in [-0.1, -0.05) is 0 Å². The number of hydrogen-bond acceptors (Lipinski definition) is 2. The first-order chi connectivity index (χ1) is 10.8. The van der Waals surface area contributed by atoms with Crippen molar-refractivity contribution < 1.29 is 9.47 Å². The van der Waals surface area contributed by atoms with Gasteiger partial charge in [-0.25, -0.2) is 0 Å². The first-order valence-electron chi connectivity index (χ1n) is 9.23. The van der Waals surface area contributed by atoms with E-state index in [0.29, 0.717) is 26.7 Å². The predicted molar refractivity (Wildman–Crippen MR) is 94.3 cm³/mol. The van der Waals surface area contributed by atoms with Gasteiger partial charge in [0.05, 0.1) is 0 Å². The van der Waals surface area contributed by atoms with Crippen molar-refractivity contribution in [1.82, 2.24) is 0 Å². The Morgan fingerprint density at radius 1 is 0.818 bits per heavy atom. The summed E-state index contributed by atoms with van der Waals surface area (Å²) in [7, 11) is 0. The van der Waals surface area contributed by atoms with Crippen LogP contribution >= 0.6 is 0 Å². The van der Waals surface area contributed by atoms with Gasteiger partial charge in [0, 0.05) is 0 Å². The minimum atomic E-state index is 0.360. The number of unbranched alkanes of at least 4 members (excludes halogenated alkanes) is 6. The van der Waals surface area contributed by atoms with Crippen LogP contribution in [-0.2, 0) is 0 Å². The molecule has 3 heteroatoms. The van der Waals surface area contributed by atoms with Gasteiger partial charge >= 0.3 is 142 Å². The van der Waals surface area contributed by atoms with Crippen LogP contribution in [0.2, 0.25) is 0 Å². The standard InChI is InChI=1S/C19H32O2Se/c1-3-5-7-9-11-16-13-17(12-10-8-6-4-2)21-19-15-22-14-18(19)20-16/h14-17H,3-13H2,1-2H3. The Kier molecular flexibility index (Phi) is 8.47. The van der Waals surface area contributed by atoms with Crippen LogP contribution < -0.4 is 9.47 Å². The summed E-state index contributed by atoms with van der Waals surface area (Å²) in [4.78, 5) is 4.47. The van der Waals surface area contributed by atoms with Crippen LogP contribution in [0.15, 0.2) is 9.88 Å². The Hall–Kier alpha value is -0.401. The van der Waals surface area contributed by atoms with E-state index in [-0.39, 0.29) is 0 Å². The van der Waals surface area contributed by atoms with Crippen molar-refractivity contribution in [1.29, 1.82) is 0 Å². The van der Waals surface area contributed by atoms with Gasteiger partial charge in [0.1, 0.15) is 0 Å². The molecule has 0 radical (unpaired) electrons. The molecule has 1 aromatic heterocycles. The van der Waals surface area contributed by atoms with Gasteiger partial charge < -0.3 is 0 Å². The summed E-state index contributed by atoms with van der Waals surface area (Å²) in [5.74, 6) is 2.08. The van der Waals surface area contributed by atoms with E-state index in [9.17, 15) is 0 Å². The molecule has 1 aromatic rings. The summed E-state index contributed by atoms with van der Waals surface area (Å²) in [6, 6.07) is 0. The Morgan fingerprint density at radius 2 is 1.32 bits per heavy atom. The van der Waals surface area contributed by atoms with Gasteiger partial charge in [-0.15, -0.1) is 0 Å². The van der Waals surface area contributed by atoms with Crippen molar-refractivity contribution in [3.63, 3.8) is 0 Å². The van der Waals surface area contributed by atoms with E-state index in [1.54, 1.807) is 0 Å². The molecule has 0 amide bonds. The van der Waals surface area contributed by atoms with E-state index in [2.05, 4.69) is 23.7 Å². The summed E-state index contributed by atoms with van der Waals surface area (Å²) in [5, 5.41) is 0. The Labute approximate surface area is 142 Å². The molecule has 1 aliphatic rings. The second kappa shape index (κ2) is 10.4. The third-order valence-electron chi connectivity index (χ3n) is 4.47. The van der Waals surface area contributed by atoms with Crippen molar-refractivity contribution in [2.24, 2.45) is 0 Å². The SMILES string of the molecule is CCCCCCC1CC(CCCCCC)Oc2c[se]cc2O1. The molecule has 126 valence electrons. The van der Waals surface area contributed by atoms with E-state index >= 15 is 0 Å². The third-order valence-corrected chi connectivity index (χ3v) is 5.93. The molecule has 0 aromatic carbocycles. The van der Waals surface area contributed by atoms with Crippen molar-refractivity contribution in [3.8, 4) is 11.5 Å². The predicted octanol–water partition coefficient (Wildman–Crippen LogP) is 5.58. The first kappa shape index (κ1) is 17.9. The van der Waals surface area contributed by atoms with Crippen LogP contribution in [0, 0.1) is 0 Å². The Bertz CT molecular complexity index is 367. The molecule has 2 heterocycles. The van der Waals surface area contributed by atoms with Gasteiger partial charge in [0.25, 0.3) is 0 Å². The normalized spacial score (nSPS) is 20.8. The van der Waals surface area contributed by atoms with Crippen molar-refractivity contribution in [3.05, 3.63) is 9.88 Å². The fourth-order valence-corrected chi connectivity index (χ4v) is 4.53. The quantitative estimate of drug-likeness (QED) is 0.395. The molecule has 0 N–H and O–H groups in total. The monoisotopic (exact) mass is 372 g/mol.